The summed E-state index contributed by atoms with van der Waals surface area (Å²) in [6.45, 7) is 15.5. The molecule has 0 fully saturated rings. The molecule has 0 aliphatic heterocycles. The van der Waals surface area contributed by atoms with Crippen LogP contribution in [0.5, 0.6) is 0 Å². The topological polar surface area (TPSA) is 25.8 Å². The molecule has 0 spiro atoms. The standard InChI is InChI=1S/C14H24N2/c1-9(2)12-11(14(5,6)7)13(10(3)4)16-8-15-12/h8-10H,1-7H3. The molecule has 0 aromatic carbocycles. The molecule has 1 rings (SSSR count). The van der Waals surface area contributed by atoms with Gasteiger partial charge in [0.25, 0.3) is 0 Å². The lowest BCUT2D eigenvalue weighted by molar-refractivity contribution is 0.548. The van der Waals surface area contributed by atoms with Crippen molar-refractivity contribution in [1.29, 1.82) is 0 Å². The smallest absolute Gasteiger partial charge is 0.115 e. The van der Waals surface area contributed by atoms with Crippen LogP contribution in [0.2, 0.25) is 0 Å². The van der Waals surface area contributed by atoms with Gasteiger partial charge >= 0.3 is 0 Å². The van der Waals surface area contributed by atoms with Crippen LogP contribution in [0.15, 0.2) is 6.33 Å². The minimum atomic E-state index is 0.112. The van der Waals surface area contributed by atoms with Crippen LogP contribution in [-0.4, -0.2) is 9.97 Å². The summed E-state index contributed by atoms with van der Waals surface area (Å²) in [4.78, 5) is 8.95. The van der Waals surface area contributed by atoms with Crippen molar-refractivity contribution in [2.75, 3.05) is 0 Å². The normalized spacial score (nSPS) is 12.6. The zero-order valence-corrected chi connectivity index (χ0v) is 11.6. The predicted molar refractivity (Wildman–Crippen MR) is 68.9 cm³/mol. The Kier molecular flexibility index (Phi) is 3.72. The molecule has 0 N–H and O–H groups in total. The molecule has 0 aliphatic carbocycles. The largest absolute Gasteiger partial charge is 0.241 e. The first kappa shape index (κ1) is 13.1. The molecule has 0 saturated heterocycles. The van der Waals surface area contributed by atoms with E-state index in [4.69, 9.17) is 0 Å². The molecule has 1 heterocycles. The van der Waals surface area contributed by atoms with E-state index < -0.39 is 0 Å². The number of aromatic nitrogens is 2. The number of hydrogen-bond donors (Lipinski definition) is 0. The van der Waals surface area contributed by atoms with Crippen molar-refractivity contribution in [3.8, 4) is 0 Å². The van der Waals surface area contributed by atoms with Gasteiger partial charge in [-0.25, -0.2) is 9.97 Å². The number of hydrogen-bond acceptors (Lipinski definition) is 2. The third-order valence-corrected chi connectivity index (χ3v) is 2.75. The lowest BCUT2D eigenvalue weighted by Gasteiger charge is -2.27. The van der Waals surface area contributed by atoms with E-state index in [0.29, 0.717) is 11.8 Å². The Hall–Kier alpha value is -0.920. The lowest BCUT2D eigenvalue weighted by Crippen LogP contribution is -2.21. The van der Waals surface area contributed by atoms with E-state index in [2.05, 4.69) is 58.4 Å². The molecule has 1 aromatic rings. The zero-order chi connectivity index (χ0) is 12.5. The Morgan fingerprint density at radius 1 is 0.875 bits per heavy atom. The van der Waals surface area contributed by atoms with Crippen LogP contribution in [0.3, 0.4) is 0 Å². The summed E-state index contributed by atoms with van der Waals surface area (Å²) in [6, 6.07) is 0. The van der Waals surface area contributed by atoms with Gasteiger partial charge in [0.1, 0.15) is 6.33 Å². The van der Waals surface area contributed by atoms with Gasteiger partial charge in [0.15, 0.2) is 0 Å². The van der Waals surface area contributed by atoms with Crippen LogP contribution < -0.4 is 0 Å². The second kappa shape index (κ2) is 4.52. The van der Waals surface area contributed by atoms with Crippen molar-refractivity contribution in [2.45, 2.75) is 65.7 Å². The Morgan fingerprint density at radius 2 is 1.25 bits per heavy atom. The van der Waals surface area contributed by atoms with E-state index in [9.17, 15) is 0 Å². The highest BCUT2D eigenvalue weighted by molar-refractivity contribution is 5.35. The van der Waals surface area contributed by atoms with E-state index in [1.54, 1.807) is 6.33 Å². The molecule has 16 heavy (non-hydrogen) atoms. The molecular formula is C14H24N2. The van der Waals surface area contributed by atoms with Gasteiger partial charge in [-0.15, -0.1) is 0 Å². The maximum atomic E-state index is 4.48. The van der Waals surface area contributed by atoms with Crippen LogP contribution in [0, 0.1) is 0 Å². The van der Waals surface area contributed by atoms with Gasteiger partial charge < -0.3 is 0 Å². The first-order valence-electron chi connectivity index (χ1n) is 6.10. The second-order valence-corrected chi connectivity index (χ2v) is 6.08. The summed E-state index contributed by atoms with van der Waals surface area (Å²) < 4.78 is 0. The zero-order valence-electron chi connectivity index (χ0n) is 11.6. The van der Waals surface area contributed by atoms with Crippen LogP contribution in [0.25, 0.3) is 0 Å². The summed E-state index contributed by atoms with van der Waals surface area (Å²) in [7, 11) is 0. The van der Waals surface area contributed by atoms with Crippen LogP contribution in [0.1, 0.15) is 77.3 Å². The summed E-state index contributed by atoms with van der Waals surface area (Å²) in [5.41, 5.74) is 3.85. The molecule has 0 bridgehead atoms. The fourth-order valence-electron chi connectivity index (χ4n) is 2.06. The van der Waals surface area contributed by atoms with Gasteiger partial charge in [0.05, 0.1) is 11.4 Å². The monoisotopic (exact) mass is 220 g/mol. The molecule has 1 aromatic heterocycles. The Morgan fingerprint density at radius 3 is 1.50 bits per heavy atom. The minimum absolute atomic E-state index is 0.112. The maximum absolute atomic E-state index is 4.48. The highest BCUT2D eigenvalue weighted by Gasteiger charge is 2.26. The molecule has 0 atom stereocenters. The Labute approximate surface area is 99.5 Å². The van der Waals surface area contributed by atoms with Gasteiger partial charge in [0.2, 0.25) is 0 Å². The summed E-state index contributed by atoms with van der Waals surface area (Å²) >= 11 is 0. The van der Waals surface area contributed by atoms with E-state index >= 15 is 0 Å². The van der Waals surface area contributed by atoms with Crippen molar-refractivity contribution in [3.63, 3.8) is 0 Å². The molecule has 0 aliphatic rings. The minimum Gasteiger partial charge on any atom is -0.241 e. The third kappa shape index (κ3) is 2.60. The number of nitrogens with zero attached hydrogens (tertiary/aromatic N) is 2. The van der Waals surface area contributed by atoms with E-state index in [1.165, 1.54) is 17.0 Å². The van der Waals surface area contributed by atoms with E-state index in [-0.39, 0.29) is 5.41 Å². The van der Waals surface area contributed by atoms with Crippen LogP contribution >= 0.6 is 0 Å². The molecule has 0 unspecified atom stereocenters. The second-order valence-electron chi connectivity index (χ2n) is 6.08. The lowest BCUT2D eigenvalue weighted by atomic mass is 9.80. The van der Waals surface area contributed by atoms with Gasteiger partial charge in [-0.1, -0.05) is 48.5 Å². The highest BCUT2D eigenvalue weighted by atomic mass is 14.9. The Bertz CT molecular complexity index is 333. The Balaban J connectivity index is 3.48. The molecule has 2 heteroatoms. The summed E-state index contributed by atoms with van der Waals surface area (Å²) in [6.07, 6.45) is 1.71. The van der Waals surface area contributed by atoms with Gasteiger partial charge in [0, 0.05) is 5.56 Å². The molecule has 0 amide bonds. The number of rotatable bonds is 2. The van der Waals surface area contributed by atoms with Gasteiger partial charge in [-0.05, 0) is 17.3 Å². The van der Waals surface area contributed by atoms with Crippen LogP contribution in [-0.2, 0) is 5.41 Å². The van der Waals surface area contributed by atoms with E-state index in [1.807, 2.05) is 0 Å². The maximum Gasteiger partial charge on any atom is 0.115 e. The van der Waals surface area contributed by atoms with Crippen molar-refractivity contribution in [2.24, 2.45) is 0 Å². The van der Waals surface area contributed by atoms with Crippen molar-refractivity contribution in [1.82, 2.24) is 9.97 Å². The fraction of sp³-hybridized carbons (Fsp3) is 0.714. The third-order valence-electron chi connectivity index (χ3n) is 2.75. The SMILES string of the molecule is CC(C)c1ncnc(C(C)C)c1C(C)(C)C. The first-order chi connectivity index (χ1) is 7.25. The molecule has 0 radical (unpaired) electrons. The predicted octanol–water partition coefficient (Wildman–Crippen LogP) is 4.02. The molecular weight excluding hydrogens is 196 g/mol. The van der Waals surface area contributed by atoms with E-state index in [0.717, 1.165) is 0 Å². The molecule has 90 valence electrons. The average Bonchev–Trinajstić information content (AvgIpc) is 2.15. The van der Waals surface area contributed by atoms with Crippen molar-refractivity contribution < 1.29 is 0 Å². The van der Waals surface area contributed by atoms with Crippen LogP contribution in [0.4, 0.5) is 0 Å². The first-order valence-corrected chi connectivity index (χ1v) is 6.10. The molecule has 0 saturated carbocycles. The molecule has 2 nitrogen and oxygen atoms in total. The highest BCUT2D eigenvalue weighted by Crippen LogP contribution is 2.33. The van der Waals surface area contributed by atoms with Crippen molar-refractivity contribution in [3.05, 3.63) is 23.3 Å². The van der Waals surface area contributed by atoms with Gasteiger partial charge in [-0.3, -0.25) is 0 Å². The van der Waals surface area contributed by atoms with Crippen molar-refractivity contribution >= 4 is 0 Å². The average molecular weight is 220 g/mol. The fourth-order valence-corrected chi connectivity index (χ4v) is 2.06. The summed E-state index contributed by atoms with van der Waals surface area (Å²) in [5, 5.41) is 0. The summed E-state index contributed by atoms with van der Waals surface area (Å²) in [5.74, 6) is 0.907. The quantitative estimate of drug-likeness (QED) is 0.752. The van der Waals surface area contributed by atoms with Gasteiger partial charge in [-0.2, -0.15) is 0 Å².